The number of alkyl halides is 3. The van der Waals surface area contributed by atoms with E-state index < -0.39 is 11.7 Å². The number of hydrogen-bond acceptors (Lipinski definition) is 2. The van der Waals surface area contributed by atoms with Crippen LogP contribution in [-0.4, -0.2) is 10.9 Å². The van der Waals surface area contributed by atoms with E-state index in [4.69, 9.17) is 5.21 Å². The van der Waals surface area contributed by atoms with Gasteiger partial charge in [-0.25, -0.2) is 0 Å². The van der Waals surface area contributed by atoms with Crippen LogP contribution in [0.3, 0.4) is 0 Å². The van der Waals surface area contributed by atoms with E-state index in [2.05, 4.69) is 5.16 Å². The lowest BCUT2D eigenvalue weighted by atomic mass is 9.90. The zero-order valence-corrected chi connectivity index (χ0v) is 10.2. The average Bonchev–Trinajstić information content (AvgIpc) is 2.39. The summed E-state index contributed by atoms with van der Waals surface area (Å²) in [5.74, 6) is 0. The second kappa shape index (κ2) is 5.47. The van der Waals surface area contributed by atoms with Crippen molar-refractivity contribution in [1.82, 2.24) is 0 Å². The summed E-state index contributed by atoms with van der Waals surface area (Å²) in [6.07, 6.45) is 0.161. The Kier molecular flexibility index (Phi) is 3.93. The molecule has 1 fully saturated rings. The summed E-state index contributed by atoms with van der Waals surface area (Å²) >= 11 is 0. The Morgan fingerprint density at radius 1 is 1.11 bits per heavy atom. The predicted molar refractivity (Wildman–Crippen MR) is 67.1 cm³/mol. The van der Waals surface area contributed by atoms with Gasteiger partial charge in [-0.05, 0) is 49.0 Å². The van der Waals surface area contributed by atoms with E-state index in [0.717, 1.165) is 18.9 Å². The van der Waals surface area contributed by atoms with Gasteiger partial charge in [-0.1, -0.05) is 23.4 Å². The van der Waals surface area contributed by atoms with Crippen molar-refractivity contribution in [3.8, 4) is 0 Å². The van der Waals surface area contributed by atoms with E-state index in [0.29, 0.717) is 24.1 Å². The van der Waals surface area contributed by atoms with Crippen LogP contribution < -0.4 is 0 Å². The van der Waals surface area contributed by atoms with Crippen molar-refractivity contribution >= 4 is 11.8 Å². The molecular weight excluding hydrogens is 255 g/mol. The molecule has 1 saturated carbocycles. The molecule has 1 aliphatic carbocycles. The van der Waals surface area contributed by atoms with Crippen LogP contribution in [0.25, 0.3) is 6.08 Å². The fraction of sp³-hybridized carbons (Fsp3) is 0.357. The molecule has 1 N–H and O–H groups in total. The summed E-state index contributed by atoms with van der Waals surface area (Å²) < 4.78 is 38.6. The minimum atomic E-state index is -4.38. The third-order valence-corrected chi connectivity index (χ3v) is 3.20. The Labute approximate surface area is 109 Å². The van der Waals surface area contributed by atoms with Crippen LogP contribution in [0.15, 0.2) is 35.0 Å². The van der Waals surface area contributed by atoms with E-state index in [9.17, 15) is 13.2 Å². The molecule has 2 rings (SSSR count). The summed E-state index contributed by atoms with van der Waals surface area (Å²) in [4.78, 5) is 0. The number of hydrogen-bond donors (Lipinski definition) is 1. The van der Waals surface area contributed by atoms with Crippen LogP contribution in [-0.2, 0) is 6.18 Å². The van der Waals surface area contributed by atoms with Crippen molar-refractivity contribution in [3.63, 3.8) is 0 Å². The summed E-state index contributed by atoms with van der Waals surface area (Å²) in [7, 11) is 0. The second-order valence-electron chi connectivity index (χ2n) is 4.51. The highest BCUT2D eigenvalue weighted by atomic mass is 19.4. The molecule has 0 aromatic heterocycles. The largest absolute Gasteiger partial charge is 0.416 e. The standard InChI is InChI=1S/C14H14F3NO/c15-14(16,17)12-7-3-1-5-10(12)9-11-6-2-4-8-13(11)18-19/h1,3,5,7,9,19H,2,4,6,8H2/b11-9?,18-13+. The third-order valence-electron chi connectivity index (χ3n) is 3.20. The molecule has 19 heavy (non-hydrogen) atoms. The van der Waals surface area contributed by atoms with Crippen molar-refractivity contribution < 1.29 is 18.4 Å². The van der Waals surface area contributed by atoms with Gasteiger partial charge in [0, 0.05) is 0 Å². The van der Waals surface area contributed by atoms with Crippen LogP contribution in [0.5, 0.6) is 0 Å². The Hall–Kier alpha value is -1.78. The molecule has 2 nitrogen and oxygen atoms in total. The van der Waals surface area contributed by atoms with Gasteiger partial charge in [0.25, 0.3) is 0 Å². The predicted octanol–water partition coefficient (Wildman–Crippen LogP) is 4.49. The monoisotopic (exact) mass is 269 g/mol. The Morgan fingerprint density at radius 2 is 1.79 bits per heavy atom. The van der Waals surface area contributed by atoms with Crippen LogP contribution in [0, 0.1) is 0 Å². The molecule has 1 aromatic rings. The van der Waals surface area contributed by atoms with Crippen molar-refractivity contribution in [2.24, 2.45) is 5.16 Å². The van der Waals surface area contributed by atoms with Gasteiger partial charge in [-0.3, -0.25) is 0 Å². The Bertz CT molecular complexity index is 518. The zero-order valence-electron chi connectivity index (χ0n) is 10.2. The molecule has 0 heterocycles. The van der Waals surface area contributed by atoms with Gasteiger partial charge < -0.3 is 5.21 Å². The highest BCUT2D eigenvalue weighted by Gasteiger charge is 2.32. The maximum absolute atomic E-state index is 12.9. The van der Waals surface area contributed by atoms with Gasteiger partial charge in [0.1, 0.15) is 0 Å². The van der Waals surface area contributed by atoms with E-state index in [-0.39, 0.29) is 5.56 Å². The second-order valence-corrected chi connectivity index (χ2v) is 4.51. The molecule has 0 radical (unpaired) electrons. The first kappa shape index (κ1) is 13.6. The average molecular weight is 269 g/mol. The number of halogens is 3. The summed E-state index contributed by atoms with van der Waals surface area (Å²) in [6, 6.07) is 5.43. The van der Waals surface area contributed by atoms with Gasteiger partial charge in [0.15, 0.2) is 0 Å². The summed E-state index contributed by atoms with van der Waals surface area (Å²) in [5.41, 5.74) is 0.632. The molecule has 0 amide bonds. The van der Waals surface area contributed by atoms with Crippen molar-refractivity contribution in [2.45, 2.75) is 31.9 Å². The molecule has 5 heteroatoms. The van der Waals surface area contributed by atoms with Gasteiger partial charge in [0.05, 0.1) is 11.3 Å². The fourth-order valence-corrected chi connectivity index (χ4v) is 2.25. The maximum Gasteiger partial charge on any atom is 0.416 e. The normalized spacial score (nSPS) is 21.0. The quantitative estimate of drug-likeness (QED) is 0.591. The van der Waals surface area contributed by atoms with Crippen molar-refractivity contribution in [1.29, 1.82) is 0 Å². The van der Waals surface area contributed by atoms with Gasteiger partial charge >= 0.3 is 6.18 Å². The zero-order chi connectivity index (χ0) is 13.9. The number of oxime groups is 1. The first-order valence-electron chi connectivity index (χ1n) is 6.10. The Morgan fingerprint density at radius 3 is 2.47 bits per heavy atom. The lowest BCUT2D eigenvalue weighted by Crippen LogP contribution is -2.11. The van der Waals surface area contributed by atoms with Crippen molar-refractivity contribution in [3.05, 3.63) is 41.0 Å². The van der Waals surface area contributed by atoms with E-state index >= 15 is 0 Å². The lowest BCUT2D eigenvalue weighted by Gasteiger charge is -2.16. The first-order valence-corrected chi connectivity index (χ1v) is 6.10. The van der Waals surface area contributed by atoms with Crippen LogP contribution in [0.1, 0.15) is 36.8 Å². The van der Waals surface area contributed by atoms with Crippen LogP contribution in [0.4, 0.5) is 13.2 Å². The first-order chi connectivity index (χ1) is 9.02. The molecule has 0 spiro atoms. The molecule has 0 unspecified atom stereocenters. The number of benzene rings is 1. The number of nitrogens with zero attached hydrogens (tertiary/aromatic N) is 1. The molecule has 1 aromatic carbocycles. The number of allylic oxidation sites excluding steroid dienone is 1. The van der Waals surface area contributed by atoms with Crippen molar-refractivity contribution in [2.75, 3.05) is 0 Å². The number of rotatable bonds is 1. The fourth-order valence-electron chi connectivity index (χ4n) is 2.25. The molecule has 0 aliphatic heterocycles. The maximum atomic E-state index is 12.9. The summed E-state index contributed by atoms with van der Waals surface area (Å²) in [6.45, 7) is 0. The van der Waals surface area contributed by atoms with E-state index in [1.807, 2.05) is 0 Å². The molecule has 0 atom stereocenters. The minimum Gasteiger partial charge on any atom is -0.411 e. The SMILES string of the molecule is O/N=C1\CCCCC1=Cc1ccccc1C(F)(F)F. The smallest absolute Gasteiger partial charge is 0.411 e. The third kappa shape index (κ3) is 3.16. The molecule has 0 saturated heterocycles. The van der Waals surface area contributed by atoms with E-state index in [1.165, 1.54) is 18.2 Å². The van der Waals surface area contributed by atoms with Gasteiger partial charge in [-0.15, -0.1) is 0 Å². The molecule has 1 aliphatic rings. The summed E-state index contributed by atoms with van der Waals surface area (Å²) in [5, 5.41) is 12.1. The highest BCUT2D eigenvalue weighted by Crippen LogP contribution is 2.34. The van der Waals surface area contributed by atoms with Gasteiger partial charge in [-0.2, -0.15) is 13.2 Å². The molecular formula is C14H14F3NO. The lowest BCUT2D eigenvalue weighted by molar-refractivity contribution is -0.137. The minimum absolute atomic E-state index is 0.119. The van der Waals surface area contributed by atoms with Crippen LogP contribution in [0.2, 0.25) is 0 Å². The molecule has 102 valence electrons. The molecule has 0 bridgehead atoms. The Balaban J connectivity index is 2.42. The van der Waals surface area contributed by atoms with Gasteiger partial charge in [0.2, 0.25) is 0 Å². The topological polar surface area (TPSA) is 32.6 Å². The highest BCUT2D eigenvalue weighted by molar-refractivity contribution is 6.04. The van der Waals surface area contributed by atoms with Crippen LogP contribution >= 0.6 is 0 Å². The van der Waals surface area contributed by atoms with E-state index in [1.54, 1.807) is 6.07 Å².